The van der Waals surface area contributed by atoms with Gasteiger partial charge >= 0.3 is 18.0 Å². The van der Waals surface area contributed by atoms with Gasteiger partial charge in [0, 0.05) is 108 Å². The number of methoxy groups -OCH3 is 2. The van der Waals surface area contributed by atoms with Crippen molar-refractivity contribution in [1.82, 2.24) is 30.3 Å². The van der Waals surface area contributed by atoms with Crippen molar-refractivity contribution in [2.45, 2.75) is 173 Å². The summed E-state index contributed by atoms with van der Waals surface area (Å²) in [5.74, 6) is -6.87. The Morgan fingerprint density at radius 1 is 0.912 bits per heavy atom. The Labute approximate surface area is 602 Å². The molecule has 4 heterocycles. The zero-order chi connectivity index (χ0) is 74.4. The second-order valence-electron chi connectivity index (χ2n) is 27.0. The highest BCUT2D eigenvalue weighted by molar-refractivity contribution is 6.35. The first-order valence-corrected chi connectivity index (χ1v) is 35.4. The van der Waals surface area contributed by atoms with E-state index in [-0.39, 0.29) is 95.1 Å². The Morgan fingerprint density at radius 3 is 2.32 bits per heavy atom. The maximum absolute atomic E-state index is 14.8. The molecule has 26 nitrogen and oxygen atoms in total. The molecule has 27 heteroatoms. The van der Waals surface area contributed by atoms with E-state index in [1.165, 1.54) is 45.0 Å². The number of aliphatic carboxylic acids is 1. The van der Waals surface area contributed by atoms with Gasteiger partial charge < -0.3 is 79.0 Å². The Kier molecular flexibility index (Phi) is 30.6. The fourth-order valence-corrected chi connectivity index (χ4v) is 13.4. The molecule has 1 aromatic heterocycles. The maximum Gasteiger partial charge on any atom is 0.409 e. The molecule has 0 saturated carbocycles. The predicted molar refractivity (Wildman–Crippen MR) is 382 cm³/mol. The minimum absolute atomic E-state index is 0.00950. The number of fused-ring (bicyclic) bond motifs is 6. The van der Waals surface area contributed by atoms with E-state index in [1.807, 2.05) is 44.3 Å². The first kappa shape index (κ1) is 81.2. The number of carboxylic acid groups (broad SMARTS) is 1. The number of rotatable bonds is 36. The number of nitrogens with one attached hydrogen (secondary N) is 3. The number of amides is 5. The number of halogens is 1. The number of carbonyl (C=O) groups excluding carboxylic acids is 8. The van der Waals surface area contributed by atoms with Crippen LogP contribution in [0.15, 0.2) is 96.6 Å². The molecule has 7 N–H and O–H groups in total. The van der Waals surface area contributed by atoms with Crippen LogP contribution in [0.3, 0.4) is 0 Å². The molecule has 2 fully saturated rings. The molecule has 0 radical (unpaired) electrons. The highest BCUT2D eigenvalue weighted by atomic mass is 35.5. The second-order valence-corrected chi connectivity index (χ2v) is 27.4. The van der Waals surface area contributed by atoms with Gasteiger partial charge in [-0.25, -0.2) is 9.59 Å². The SMILES string of the molecule is CCN(C)Cc1cc2ccccc2n1CCC(=O)C[C@@H](CCC(=O)O)C(=O)NCCOCCOCCC(=O)N[C@H](C(=O)C[C@@H](CCCCN)C(=O)N(C)[C@@H](C)C(=O)O[C@H]1CC(=O)N(C)c2cc(cc(OC)c2Cl)C/C(C)=C/C=C/[C@@H](OC)[C@@]2(O)C[C@H](OC(=O)N2)[C@@H](C)[C@@H]2O[C@]12C)c1ccccc1. The van der Waals surface area contributed by atoms with Crippen molar-refractivity contribution in [2.24, 2.45) is 23.5 Å². The number of para-hydroxylation sites is 1. The zero-order valence-electron chi connectivity index (χ0n) is 60.4. The number of ketones is 2. The van der Waals surface area contributed by atoms with E-state index in [1.54, 1.807) is 68.5 Å². The highest BCUT2D eigenvalue weighted by Crippen LogP contribution is 2.49. The molecule has 4 bridgehead atoms. The first-order chi connectivity index (χ1) is 48.6. The second kappa shape index (κ2) is 38.4. The van der Waals surface area contributed by atoms with Crippen LogP contribution in [-0.4, -0.2) is 201 Å². The number of ether oxygens (including phenoxy) is 7. The summed E-state index contributed by atoms with van der Waals surface area (Å²) in [5.41, 5.74) is 7.05. The first-order valence-electron chi connectivity index (χ1n) is 35.0. The molecule has 5 amide bonds. The summed E-state index contributed by atoms with van der Waals surface area (Å²) < 4.78 is 43.3. The number of anilines is 1. The largest absolute Gasteiger partial charge is 0.495 e. The average Bonchev–Trinajstić information content (AvgIpc) is 1.57. The third kappa shape index (κ3) is 22.2. The van der Waals surface area contributed by atoms with Crippen molar-refractivity contribution >= 4 is 81.4 Å². The van der Waals surface area contributed by atoms with Crippen LogP contribution in [0, 0.1) is 17.8 Å². The number of nitrogens with two attached hydrogens (primary N) is 1. The number of likely N-dealkylation sites (N-methyl/N-ethyl adjacent to an activating group) is 1. The van der Waals surface area contributed by atoms with Crippen LogP contribution in [0.2, 0.25) is 5.02 Å². The lowest BCUT2D eigenvalue weighted by atomic mass is 9.83. The maximum atomic E-state index is 14.8. The normalized spacial score (nSPS) is 22.7. The topological polar surface area (TPSA) is 339 Å². The number of allylic oxidation sites excluding steroid dienone is 3. The summed E-state index contributed by atoms with van der Waals surface area (Å²) in [6, 6.07) is 19.7. The van der Waals surface area contributed by atoms with E-state index in [0.29, 0.717) is 55.9 Å². The summed E-state index contributed by atoms with van der Waals surface area (Å²) in [5, 5.41) is 30.8. The van der Waals surface area contributed by atoms with Crippen molar-refractivity contribution in [3.63, 3.8) is 0 Å². The van der Waals surface area contributed by atoms with Gasteiger partial charge in [-0.05, 0) is 107 Å². The number of unbranched alkanes of at least 4 members (excludes halogenated alkanes) is 1. The van der Waals surface area contributed by atoms with Crippen LogP contribution in [0.1, 0.15) is 128 Å². The zero-order valence-corrected chi connectivity index (χ0v) is 61.1. The number of aliphatic hydroxyl groups is 1. The van der Waals surface area contributed by atoms with Gasteiger partial charge in [-0.2, -0.15) is 0 Å². The number of alkyl carbamates (subject to hydrolysis) is 1. The van der Waals surface area contributed by atoms with Crippen LogP contribution in [0.5, 0.6) is 5.75 Å². The number of aromatic nitrogens is 1. The van der Waals surface area contributed by atoms with Crippen LogP contribution in [-0.2, 0) is 86.3 Å². The molecule has 3 aliphatic heterocycles. The molecule has 0 unspecified atom stereocenters. The quantitative estimate of drug-likeness (QED) is 0.0145. The molecule has 3 aliphatic rings. The third-order valence-electron chi connectivity index (χ3n) is 19.5. The van der Waals surface area contributed by atoms with E-state index >= 15 is 0 Å². The number of nitrogens with zero attached hydrogens (tertiary/aromatic N) is 4. The van der Waals surface area contributed by atoms with Gasteiger partial charge in [0.1, 0.15) is 52.6 Å². The van der Waals surface area contributed by atoms with Crippen molar-refractivity contribution in [1.29, 1.82) is 0 Å². The van der Waals surface area contributed by atoms with Crippen molar-refractivity contribution in [3.05, 3.63) is 118 Å². The number of epoxide rings is 1. The lowest BCUT2D eigenvalue weighted by Crippen LogP contribution is -2.63. The molecule has 0 aliphatic carbocycles. The van der Waals surface area contributed by atoms with Crippen molar-refractivity contribution in [3.8, 4) is 5.75 Å². The molecule has 11 atom stereocenters. The number of carboxylic acids is 1. The fourth-order valence-electron chi connectivity index (χ4n) is 13.1. The monoisotopic (exact) mass is 1440 g/mol. The van der Waals surface area contributed by atoms with Crippen LogP contribution in [0.25, 0.3) is 10.9 Å². The molecule has 3 aromatic carbocycles. The Bertz CT molecular complexity index is 3620. The van der Waals surface area contributed by atoms with E-state index < -0.39 is 119 Å². The number of aryl methyl sites for hydroxylation is 1. The average molecular weight is 1440 g/mol. The number of benzene rings is 3. The van der Waals surface area contributed by atoms with Gasteiger partial charge in [0.15, 0.2) is 11.5 Å². The summed E-state index contributed by atoms with van der Waals surface area (Å²) >= 11 is 6.90. The fraction of sp³-hybridized carbons (Fsp3) is 0.560. The summed E-state index contributed by atoms with van der Waals surface area (Å²) in [6.45, 7) is 11.4. The van der Waals surface area contributed by atoms with Gasteiger partial charge in [-0.3, -0.25) is 38.9 Å². The molecule has 4 aromatic rings. The van der Waals surface area contributed by atoms with E-state index in [9.17, 15) is 53.4 Å². The standard InChI is InChI=1S/C75H103ClN8O18/c1-11-81(6)46-55-41-52-23-15-16-25-57(52)84(55)33-29-56(85)42-53(27-28-66(89)90)70(91)78-32-35-99-37-36-98-34-30-64(87)79-68(51-21-13-12-14-22-51)59(86)43-54(24-17-18-31-77)71(92)82(7)49(4)72(93)101-63-44-65(88)83(8)58-39-50(40-60(96-9)67(58)76)38-47(2)20-19-26-62(97-10)75(95)45-61(100-73(94)80-75)48(3)69-74(63,5)102-69/h12-16,19-23,25-26,39-41,48-49,53-54,61-63,68-69,95H,11,17-18,24,27-38,42-46,77H2,1-10H3,(H,78,91)(H,79,87)(H,80,94)(H,89,90)/b26-19+,47-20+/t48-,49+,53-,54-,61+,62-,63+,68+,69+,74-,75+/m1/s1. The van der Waals surface area contributed by atoms with Crippen LogP contribution < -0.4 is 31.3 Å². The molecule has 558 valence electrons. The number of Topliss-reactive ketones (excluding diaryl/α,β-unsaturated/α-hetero) is 2. The lowest BCUT2D eigenvalue weighted by Gasteiger charge is -2.42. The number of hydrogen-bond acceptors (Lipinski definition) is 19. The van der Waals surface area contributed by atoms with Gasteiger partial charge in [-0.1, -0.05) is 104 Å². The van der Waals surface area contributed by atoms with Gasteiger partial charge in [0.05, 0.1) is 51.7 Å². The number of esters is 1. The minimum Gasteiger partial charge on any atom is -0.495 e. The van der Waals surface area contributed by atoms with E-state index in [0.717, 1.165) is 34.3 Å². The Hall–Kier alpha value is -8.08. The summed E-state index contributed by atoms with van der Waals surface area (Å²) in [7, 11) is 7.83. The van der Waals surface area contributed by atoms with Gasteiger partial charge in [-0.15, -0.1) is 0 Å². The Balaban J connectivity index is 0.948. The van der Waals surface area contributed by atoms with E-state index in [4.69, 9.17) is 50.5 Å². The number of hydrogen-bond donors (Lipinski definition) is 6. The van der Waals surface area contributed by atoms with Crippen LogP contribution >= 0.6 is 11.6 Å². The molecule has 7 rings (SSSR count). The van der Waals surface area contributed by atoms with Crippen molar-refractivity contribution in [2.75, 3.05) is 86.3 Å². The van der Waals surface area contributed by atoms with E-state index in [2.05, 4.69) is 38.4 Å². The van der Waals surface area contributed by atoms with Crippen LogP contribution in [0.4, 0.5) is 10.5 Å². The molecule has 102 heavy (non-hydrogen) atoms. The van der Waals surface area contributed by atoms with Crippen molar-refractivity contribution < 1.29 is 86.5 Å². The summed E-state index contributed by atoms with van der Waals surface area (Å²) in [6.07, 6.45) is 0.391. The summed E-state index contributed by atoms with van der Waals surface area (Å²) in [4.78, 5) is 129. The molecular weight excluding hydrogens is 1340 g/mol. The minimum atomic E-state index is -1.93. The smallest absolute Gasteiger partial charge is 0.409 e. The third-order valence-corrected chi connectivity index (χ3v) is 19.8. The Morgan fingerprint density at radius 2 is 1.63 bits per heavy atom. The lowest BCUT2D eigenvalue weighted by molar-refractivity contribution is -0.163. The van der Waals surface area contributed by atoms with Gasteiger partial charge in [0.25, 0.3) is 0 Å². The molecule has 0 spiro atoms. The number of carbonyl (C=O) groups is 9. The molecular formula is C75H103ClN8O18. The highest BCUT2D eigenvalue weighted by Gasteiger charge is 2.64. The molecule has 2 saturated heterocycles. The van der Waals surface area contributed by atoms with Gasteiger partial charge in [0.2, 0.25) is 23.6 Å². The predicted octanol–water partition coefficient (Wildman–Crippen LogP) is 7.55.